The Hall–Kier alpha value is -0.610. The first-order chi connectivity index (χ1) is 7.22. The van der Waals surface area contributed by atoms with Crippen molar-refractivity contribution in [2.24, 2.45) is 0 Å². The summed E-state index contributed by atoms with van der Waals surface area (Å²) < 4.78 is 0. The smallest absolute Gasteiger partial charge is 0.234 e. The van der Waals surface area contributed by atoms with Gasteiger partial charge in [0.25, 0.3) is 0 Å². The first-order valence-electron chi connectivity index (χ1n) is 5.90. The Morgan fingerprint density at radius 3 is 2.93 bits per heavy atom. The number of amides is 1. The molecule has 0 aromatic heterocycles. The van der Waals surface area contributed by atoms with Crippen LogP contribution in [0.4, 0.5) is 0 Å². The molecule has 88 valence electrons. The van der Waals surface area contributed by atoms with Crippen molar-refractivity contribution >= 4 is 5.91 Å². The summed E-state index contributed by atoms with van der Waals surface area (Å²) in [7, 11) is 0. The molecule has 1 aliphatic carbocycles. The van der Waals surface area contributed by atoms with E-state index in [4.69, 9.17) is 0 Å². The van der Waals surface area contributed by atoms with Gasteiger partial charge in [-0.3, -0.25) is 4.79 Å². The Morgan fingerprint density at radius 1 is 1.47 bits per heavy atom. The molecule has 15 heavy (non-hydrogen) atoms. The van der Waals surface area contributed by atoms with Gasteiger partial charge in [0.15, 0.2) is 0 Å². The fourth-order valence-electron chi connectivity index (χ4n) is 1.95. The third-order valence-electron chi connectivity index (χ3n) is 2.72. The van der Waals surface area contributed by atoms with E-state index in [-0.39, 0.29) is 18.1 Å². The summed E-state index contributed by atoms with van der Waals surface area (Å²) in [6.45, 7) is 3.34. The molecule has 4 nitrogen and oxygen atoms in total. The van der Waals surface area contributed by atoms with Crippen LogP contribution in [0.15, 0.2) is 0 Å². The van der Waals surface area contributed by atoms with Gasteiger partial charge in [0.05, 0.1) is 12.6 Å². The molecule has 1 amide bonds. The van der Waals surface area contributed by atoms with Crippen LogP contribution < -0.4 is 10.6 Å². The summed E-state index contributed by atoms with van der Waals surface area (Å²) in [6.07, 6.45) is 4.40. The lowest BCUT2D eigenvalue weighted by Gasteiger charge is -2.26. The van der Waals surface area contributed by atoms with Crippen molar-refractivity contribution in [3.63, 3.8) is 0 Å². The van der Waals surface area contributed by atoms with Crippen molar-refractivity contribution in [2.75, 3.05) is 13.1 Å². The maximum atomic E-state index is 11.4. The van der Waals surface area contributed by atoms with E-state index in [0.717, 1.165) is 32.2 Å². The lowest BCUT2D eigenvalue weighted by Crippen LogP contribution is -2.43. The van der Waals surface area contributed by atoms with Crippen LogP contribution in [0.2, 0.25) is 0 Å². The summed E-state index contributed by atoms with van der Waals surface area (Å²) in [4.78, 5) is 11.4. The van der Waals surface area contributed by atoms with Crippen LogP contribution in [-0.4, -0.2) is 36.2 Å². The fraction of sp³-hybridized carbons (Fsp3) is 0.909. The minimum Gasteiger partial charge on any atom is -0.393 e. The molecule has 1 rings (SSSR count). The second kappa shape index (κ2) is 6.80. The Kier molecular flexibility index (Phi) is 5.65. The van der Waals surface area contributed by atoms with Crippen molar-refractivity contribution < 1.29 is 9.90 Å². The highest BCUT2D eigenvalue weighted by atomic mass is 16.3. The third-order valence-corrected chi connectivity index (χ3v) is 2.72. The number of hydrogen-bond acceptors (Lipinski definition) is 3. The minimum absolute atomic E-state index is 0.0440. The molecule has 0 aromatic carbocycles. The molecule has 0 saturated heterocycles. The van der Waals surface area contributed by atoms with Gasteiger partial charge in [-0.1, -0.05) is 6.92 Å². The number of carbonyl (C=O) groups excluding carboxylic acids is 1. The largest absolute Gasteiger partial charge is 0.393 e. The normalized spacial score (nSPS) is 26.3. The molecule has 1 aliphatic rings. The molecule has 3 N–H and O–H groups in total. The van der Waals surface area contributed by atoms with Gasteiger partial charge >= 0.3 is 0 Å². The maximum absolute atomic E-state index is 11.4. The van der Waals surface area contributed by atoms with Gasteiger partial charge in [0.2, 0.25) is 5.91 Å². The van der Waals surface area contributed by atoms with Crippen molar-refractivity contribution in [1.29, 1.82) is 0 Å². The van der Waals surface area contributed by atoms with Crippen LogP contribution in [0, 0.1) is 0 Å². The Morgan fingerprint density at radius 2 is 2.27 bits per heavy atom. The quantitative estimate of drug-likeness (QED) is 0.581. The summed E-state index contributed by atoms with van der Waals surface area (Å²) in [5.74, 6) is 0.0440. The predicted octanol–water partition coefficient (Wildman–Crippen LogP) is 0.406. The second-order valence-electron chi connectivity index (χ2n) is 4.26. The Balaban J connectivity index is 2.13. The van der Waals surface area contributed by atoms with Crippen molar-refractivity contribution in [1.82, 2.24) is 10.6 Å². The third kappa shape index (κ3) is 5.14. The summed E-state index contributed by atoms with van der Waals surface area (Å²) in [6, 6.07) is 0.171. The molecule has 4 heteroatoms. The molecule has 0 aliphatic heterocycles. The molecule has 2 atom stereocenters. The number of hydrogen-bond donors (Lipinski definition) is 3. The van der Waals surface area contributed by atoms with E-state index in [1.807, 2.05) is 0 Å². The number of nitrogens with one attached hydrogen (secondary N) is 2. The average Bonchev–Trinajstić information content (AvgIpc) is 2.18. The number of carbonyl (C=O) groups is 1. The van der Waals surface area contributed by atoms with E-state index in [9.17, 15) is 9.90 Å². The highest BCUT2D eigenvalue weighted by Gasteiger charge is 2.21. The molecule has 0 heterocycles. The van der Waals surface area contributed by atoms with E-state index in [1.165, 1.54) is 0 Å². The summed E-state index contributed by atoms with van der Waals surface area (Å²) >= 11 is 0. The van der Waals surface area contributed by atoms with Crippen LogP contribution in [0.5, 0.6) is 0 Å². The number of rotatable bonds is 5. The molecule has 2 unspecified atom stereocenters. The average molecular weight is 214 g/mol. The molecule has 1 fully saturated rings. The van der Waals surface area contributed by atoms with E-state index in [1.54, 1.807) is 0 Å². The Labute approximate surface area is 91.4 Å². The van der Waals surface area contributed by atoms with E-state index < -0.39 is 0 Å². The van der Waals surface area contributed by atoms with Crippen molar-refractivity contribution in [3.8, 4) is 0 Å². The van der Waals surface area contributed by atoms with Crippen molar-refractivity contribution in [2.45, 2.75) is 51.2 Å². The van der Waals surface area contributed by atoms with Gasteiger partial charge in [-0.15, -0.1) is 0 Å². The highest BCUT2D eigenvalue weighted by Crippen LogP contribution is 2.17. The monoisotopic (exact) mass is 214 g/mol. The fourth-order valence-corrected chi connectivity index (χ4v) is 1.95. The molecular weight excluding hydrogens is 192 g/mol. The molecule has 0 aromatic rings. The summed E-state index contributed by atoms with van der Waals surface area (Å²) in [5, 5.41) is 15.4. The minimum atomic E-state index is -0.229. The molecular formula is C11H22N2O2. The standard InChI is InChI=1S/C11H22N2O2/c1-2-6-12-8-11(15)13-9-4-3-5-10(14)7-9/h9-10,12,14H,2-8H2,1H3,(H,13,15). The van der Waals surface area contributed by atoms with Crippen LogP contribution in [0.3, 0.4) is 0 Å². The second-order valence-corrected chi connectivity index (χ2v) is 4.26. The van der Waals surface area contributed by atoms with Gasteiger partial charge in [0.1, 0.15) is 0 Å². The van der Waals surface area contributed by atoms with Crippen LogP contribution >= 0.6 is 0 Å². The molecule has 1 saturated carbocycles. The van der Waals surface area contributed by atoms with E-state index in [0.29, 0.717) is 13.0 Å². The first kappa shape index (κ1) is 12.5. The van der Waals surface area contributed by atoms with Crippen LogP contribution in [0.1, 0.15) is 39.0 Å². The lowest BCUT2D eigenvalue weighted by molar-refractivity contribution is -0.121. The van der Waals surface area contributed by atoms with Gasteiger partial charge in [0, 0.05) is 6.04 Å². The highest BCUT2D eigenvalue weighted by molar-refractivity contribution is 5.78. The van der Waals surface area contributed by atoms with E-state index in [2.05, 4.69) is 17.6 Å². The number of aliphatic hydroxyl groups is 1. The van der Waals surface area contributed by atoms with Gasteiger partial charge in [-0.2, -0.15) is 0 Å². The van der Waals surface area contributed by atoms with Crippen molar-refractivity contribution in [3.05, 3.63) is 0 Å². The molecule has 0 radical (unpaired) electrons. The lowest BCUT2D eigenvalue weighted by atomic mass is 9.93. The predicted molar refractivity (Wildman–Crippen MR) is 59.6 cm³/mol. The van der Waals surface area contributed by atoms with Gasteiger partial charge in [-0.25, -0.2) is 0 Å². The topological polar surface area (TPSA) is 61.4 Å². The zero-order chi connectivity index (χ0) is 11.1. The zero-order valence-electron chi connectivity index (χ0n) is 9.46. The summed E-state index contributed by atoms with van der Waals surface area (Å²) in [5.41, 5.74) is 0. The maximum Gasteiger partial charge on any atom is 0.234 e. The van der Waals surface area contributed by atoms with Crippen LogP contribution in [-0.2, 0) is 4.79 Å². The van der Waals surface area contributed by atoms with E-state index >= 15 is 0 Å². The number of aliphatic hydroxyl groups excluding tert-OH is 1. The van der Waals surface area contributed by atoms with Crippen LogP contribution in [0.25, 0.3) is 0 Å². The van der Waals surface area contributed by atoms with Gasteiger partial charge in [-0.05, 0) is 38.6 Å². The van der Waals surface area contributed by atoms with Gasteiger partial charge < -0.3 is 15.7 Å². The first-order valence-corrected chi connectivity index (χ1v) is 5.90. The Bertz CT molecular complexity index is 197. The zero-order valence-corrected chi connectivity index (χ0v) is 9.46. The molecule has 0 bridgehead atoms. The SMILES string of the molecule is CCCNCC(=O)NC1CCCC(O)C1. The molecule has 0 spiro atoms.